The van der Waals surface area contributed by atoms with Crippen LogP contribution in [0.2, 0.25) is 0 Å². The summed E-state index contributed by atoms with van der Waals surface area (Å²) in [6, 6.07) is 6.15. The fourth-order valence-corrected chi connectivity index (χ4v) is 1.74. The van der Waals surface area contributed by atoms with Crippen molar-refractivity contribution in [3.8, 4) is 6.07 Å². The Bertz CT molecular complexity index is 489. The molecule has 0 spiro atoms. The Balaban J connectivity index is 2.12. The third-order valence-corrected chi connectivity index (χ3v) is 2.89. The Labute approximate surface area is 99.5 Å². The predicted molar refractivity (Wildman–Crippen MR) is 60.3 cm³/mol. The Morgan fingerprint density at radius 2 is 2.29 bits per heavy atom. The summed E-state index contributed by atoms with van der Waals surface area (Å²) in [6.45, 7) is 0.219. The van der Waals surface area contributed by atoms with Crippen LogP contribution in [0.1, 0.15) is 24.0 Å². The van der Waals surface area contributed by atoms with Crippen LogP contribution in [0.25, 0.3) is 0 Å². The van der Waals surface area contributed by atoms with Gasteiger partial charge in [0.25, 0.3) is 0 Å². The highest BCUT2D eigenvalue weighted by Gasteiger charge is 2.32. The molecule has 1 aromatic rings. The maximum Gasteiger partial charge on any atom is 0.225 e. The third-order valence-electron chi connectivity index (χ3n) is 2.89. The van der Waals surface area contributed by atoms with Gasteiger partial charge in [0, 0.05) is 25.1 Å². The summed E-state index contributed by atoms with van der Waals surface area (Å²) in [7, 11) is 1.67. The lowest BCUT2D eigenvalue weighted by Crippen LogP contribution is -2.27. The average Bonchev–Trinajstić information content (AvgIpc) is 3.15. The van der Waals surface area contributed by atoms with Crippen molar-refractivity contribution in [2.45, 2.75) is 19.4 Å². The molecule has 3 nitrogen and oxygen atoms in total. The number of halogens is 1. The van der Waals surface area contributed by atoms with E-state index in [1.54, 1.807) is 7.05 Å². The molecule has 0 radical (unpaired) electrons. The Morgan fingerprint density at radius 1 is 1.59 bits per heavy atom. The molecule has 2 rings (SSSR count). The van der Waals surface area contributed by atoms with Gasteiger partial charge in [0.2, 0.25) is 5.91 Å². The molecule has 4 heteroatoms. The zero-order valence-corrected chi connectivity index (χ0v) is 9.61. The molecule has 1 saturated carbocycles. The molecule has 0 saturated heterocycles. The molecule has 0 atom stereocenters. The van der Waals surface area contributed by atoms with Crippen LogP contribution in [0.4, 0.5) is 4.39 Å². The monoisotopic (exact) mass is 232 g/mol. The van der Waals surface area contributed by atoms with E-state index in [2.05, 4.69) is 0 Å². The first-order chi connectivity index (χ1) is 8.11. The molecular weight excluding hydrogens is 219 g/mol. The summed E-state index contributed by atoms with van der Waals surface area (Å²) >= 11 is 0. The van der Waals surface area contributed by atoms with Crippen molar-refractivity contribution in [3.05, 3.63) is 35.1 Å². The molecule has 1 amide bonds. The standard InChI is InChI=1S/C13H13FN2O/c1-16(13(17)10-3-4-10)8-11-6-9(7-15)2-5-12(11)14/h2,5-6,10H,3-4,8H2,1H3. The molecule has 0 bridgehead atoms. The number of hydrogen-bond donors (Lipinski definition) is 0. The van der Waals surface area contributed by atoms with Crippen molar-refractivity contribution in [2.75, 3.05) is 7.05 Å². The summed E-state index contributed by atoms with van der Waals surface area (Å²) in [5, 5.41) is 8.74. The zero-order chi connectivity index (χ0) is 12.4. The molecule has 0 heterocycles. The number of benzene rings is 1. The first kappa shape index (κ1) is 11.6. The van der Waals surface area contributed by atoms with E-state index in [9.17, 15) is 9.18 Å². The van der Waals surface area contributed by atoms with Gasteiger partial charge in [0.1, 0.15) is 5.82 Å². The Hall–Kier alpha value is -1.89. The molecule has 0 aliphatic heterocycles. The predicted octanol–water partition coefficient (Wildman–Crippen LogP) is 2.07. The van der Waals surface area contributed by atoms with Crippen LogP contribution in [0.3, 0.4) is 0 Å². The van der Waals surface area contributed by atoms with Crippen LogP contribution < -0.4 is 0 Å². The van der Waals surface area contributed by atoms with E-state index in [0.29, 0.717) is 11.1 Å². The molecule has 1 aliphatic carbocycles. The van der Waals surface area contributed by atoms with Crippen LogP contribution >= 0.6 is 0 Å². The fourth-order valence-electron chi connectivity index (χ4n) is 1.74. The first-order valence-corrected chi connectivity index (χ1v) is 5.55. The fraction of sp³-hybridized carbons (Fsp3) is 0.385. The largest absolute Gasteiger partial charge is 0.341 e. The van der Waals surface area contributed by atoms with E-state index in [0.717, 1.165) is 12.8 Å². The molecular formula is C13H13FN2O. The summed E-state index contributed by atoms with van der Waals surface area (Å²) in [4.78, 5) is 13.2. The number of nitriles is 1. The summed E-state index contributed by atoms with van der Waals surface area (Å²) in [5.74, 6) is -0.187. The van der Waals surface area contributed by atoms with Gasteiger partial charge in [-0.2, -0.15) is 5.26 Å². The minimum atomic E-state index is -0.376. The Kier molecular flexibility index (Phi) is 3.10. The molecule has 0 unspecified atom stereocenters. The lowest BCUT2D eigenvalue weighted by Gasteiger charge is -2.17. The van der Waals surface area contributed by atoms with Gasteiger partial charge in [-0.15, -0.1) is 0 Å². The lowest BCUT2D eigenvalue weighted by molar-refractivity contribution is -0.131. The second kappa shape index (κ2) is 4.54. The number of carbonyl (C=O) groups excluding carboxylic acids is 1. The maximum absolute atomic E-state index is 13.5. The zero-order valence-electron chi connectivity index (χ0n) is 9.61. The third kappa shape index (κ3) is 2.62. The van der Waals surface area contributed by atoms with E-state index in [1.165, 1.54) is 23.1 Å². The summed E-state index contributed by atoms with van der Waals surface area (Å²) in [5.41, 5.74) is 0.800. The van der Waals surface area contributed by atoms with Gasteiger partial charge in [-0.05, 0) is 31.0 Å². The van der Waals surface area contributed by atoms with E-state index in [-0.39, 0.29) is 24.2 Å². The van der Waals surface area contributed by atoms with Crippen molar-refractivity contribution >= 4 is 5.91 Å². The molecule has 1 aromatic carbocycles. The van der Waals surface area contributed by atoms with Crippen molar-refractivity contribution in [1.82, 2.24) is 4.90 Å². The SMILES string of the molecule is CN(Cc1cc(C#N)ccc1F)C(=O)C1CC1. The van der Waals surface area contributed by atoms with Gasteiger partial charge in [0.05, 0.1) is 11.6 Å². The van der Waals surface area contributed by atoms with E-state index in [4.69, 9.17) is 5.26 Å². The van der Waals surface area contributed by atoms with Crippen LogP contribution in [0.15, 0.2) is 18.2 Å². The van der Waals surface area contributed by atoms with Gasteiger partial charge in [-0.3, -0.25) is 4.79 Å². The normalized spacial score (nSPS) is 14.2. The first-order valence-electron chi connectivity index (χ1n) is 5.55. The highest BCUT2D eigenvalue weighted by molar-refractivity contribution is 5.80. The smallest absolute Gasteiger partial charge is 0.225 e. The number of carbonyl (C=O) groups is 1. The lowest BCUT2D eigenvalue weighted by atomic mass is 10.1. The van der Waals surface area contributed by atoms with Crippen LogP contribution in [-0.4, -0.2) is 17.9 Å². The van der Waals surface area contributed by atoms with Crippen molar-refractivity contribution in [2.24, 2.45) is 5.92 Å². The number of hydrogen-bond acceptors (Lipinski definition) is 2. The van der Waals surface area contributed by atoms with Gasteiger partial charge < -0.3 is 4.90 Å². The average molecular weight is 232 g/mol. The number of nitrogens with zero attached hydrogens (tertiary/aromatic N) is 2. The van der Waals surface area contributed by atoms with Crippen LogP contribution in [0, 0.1) is 23.1 Å². The van der Waals surface area contributed by atoms with E-state index in [1.807, 2.05) is 6.07 Å². The van der Waals surface area contributed by atoms with Gasteiger partial charge in [-0.1, -0.05) is 0 Å². The van der Waals surface area contributed by atoms with Gasteiger partial charge in [-0.25, -0.2) is 4.39 Å². The summed E-state index contributed by atoms with van der Waals surface area (Å²) < 4.78 is 13.5. The maximum atomic E-state index is 13.5. The molecule has 88 valence electrons. The van der Waals surface area contributed by atoms with Crippen LogP contribution in [-0.2, 0) is 11.3 Å². The second-order valence-electron chi connectivity index (χ2n) is 4.39. The molecule has 0 N–H and O–H groups in total. The number of rotatable bonds is 3. The molecule has 17 heavy (non-hydrogen) atoms. The van der Waals surface area contributed by atoms with Crippen LogP contribution in [0.5, 0.6) is 0 Å². The molecule has 0 aromatic heterocycles. The van der Waals surface area contributed by atoms with Gasteiger partial charge in [0.15, 0.2) is 0 Å². The minimum absolute atomic E-state index is 0.0618. The topological polar surface area (TPSA) is 44.1 Å². The molecule has 1 fully saturated rings. The highest BCUT2D eigenvalue weighted by Crippen LogP contribution is 2.31. The molecule has 1 aliphatic rings. The van der Waals surface area contributed by atoms with Crippen molar-refractivity contribution in [3.63, 3.8) is 0 Å². The van der Waals surface area contributed by atoms with E-state index < -0.39 is 0 Å². The minimum Gasteiger partial charge on any atom is -0.341 e. The van der Waals surface area contributed by atoms with Crippen molar-refractivity contribution < 1.29 is 9.18 Å². The quantitative estimate of drug-likeness (QED) is 0.800. The van der Waals surface area contributed by atoms with Crippen molar-refractivity contribution in [1.29, 1.82) is 5.26 Å². The summed E-state index contributed by atoms with van der Waals surface area (Å²) in [6.07, 6.45) is 1.87. The second-order valence-corrected chi connectivity index (χ2v) is 4.39. The van der Waals surface area contributed by atoms with Gasteiger partial charge >= 0.3 is 0 Å². The Morgan fingerprint density at radius 3 is 2.88 bits per heavy atom. The van der Waals surface area contributed by atoms with E-state index >= 15 is 0 Å². The highest BCUT2D eigenvalue weighted by atomic mass is 19.1. The number of amides is 1.